The van der Waals surface area contributed by atoms with Crippen molar-refractivity contribution in [2.45, 2.75) is 62.7 Å². The molecule has 14 heteroatoms. The number of benzene rings is 2. The zero-order chi connectivity index (χ0) is 33.2. The topological polar surface area (TPSA) is 251 Å². The number of hydrogen-bond acceptors (Lipinski definition) is 7. The molecule has 0 radical (unpaired) electrons. The molecule has 4 aromatic rings. The number of unbranched alkanes of at least 4 members (excludes halogenated alkanes) is 1. The lowest BCUT2D eigenvalue weighted by atomic mass is 10.0. The Morgan fingerprint density at radius 2 is 1.22 bits per heavy atom. The highest BCUT2D eigenvalue weighted by Crippen LogP contribution is 2.21. The van der Waals surface area contributed by atoms with Crippen molar-refractivity contribution in [1.29, 1.82) is 0 Å². The number of hydrogen-bond donors (Lipinski definition) is 9. The Labute approximate surface area is 264 Å². The van der Waals surface area contributed by atoms with Crippen LogP contribution in [-0.2, 0) is 36.8 Å². The average molecular weight is 633 g/mol. The molecule has 4 unspecified atom stereocenters. The van der Waals surface area contributed by atoms with Crippen LogP contribution in [0.5, 0.6) is 0 Å². The minimum atomic E-state index is -1.43. The Hall–Kier alpha value is -5.21. The van der Waals surface area contributed by atoms with Gasteiger partial charge in [0.2, 0.25) is 23.6 Å². The summed E-state index contributed by atoms with van der Waals surface area (Å²) in [5.41, 5.74) is 19.8. The van der Waals surface area contributed by atoms with Crippen LogP contribution in [0.2, 0.25) is 0 Å². The minimum absolute atomic E-state index is 0.0265. The summed E-state index contributed by atoms with van der Waals surface area (Å²) in [5, 5.41) is 19.3. The fourth-order valence-corrected chi connectivity index (χ4v) is 5.32. The fraction of sp³-hybridized carbons (Fsp3) is 0.344. The molecular formula is C32H40N8O6. The Morgan fingerprint density at radius 3 is 1.76 bits per heavy atom. The number of aliphatic carboxylic acids is 1. The van der Waals surface area contributed by atoms with E-state index in [1.807, 2.05) is 48.5 Å². The Kier molecular flexibility index (Phi) is 11.5. The normalized spacial score (nSPS) is 13.9. The number of aromatic amines is 2. The summed E-state index contributed by atoms with van der Waals surface area (Å²) >= 11 is 0. The third-order valence-corrected chi connectivity index (χ3v) is 7.79. The Morgan fingerprint density at radius 1 is 0.717 bits per heavy atom. The van der Waals surface area contributed by atoms with Gasteiger partial charge in [0.1, 0.15) is 18.1 Å². The van der Waals surface area contributed by atoms with Crippen molar-refractivity contribution in [3.63, 3.8) is 0 Å². The highest BCUT2D eigenvalue weighted by Gasteiger charge is 2.32. The van der Waals surface area contributed by atoms with Gasteiger partial charge in [-0.05, 0) is 42.6 Å². The SMILES string of the molecule is NCCCCC(N)C(=O)NC(CC(N)=O)C(=O)NC(Cc1c[nH]c2ccccc12)C(=O)NC(Cc1c[nH]c2ccccc12)C(=O)O. The van der Waals surface area contributed by atoms with Crippen LogP contribution in [0.1, 0.15) is 36.8 Å². The van der Waals surface area contributed by atoms with Crippen LogP contribution in [0.3, 0.4) is 0 Å². The van der Waals surface area contributed by atoms with Crippen molar-refractivity contribution < 1.29 is 29.1 Å². The molecule has 2 heterocycles. The van der Waals surface area contributed by atoms with E-state index in [2.05, 4.69) is 25.9 Å². The average Bonchev–Trinajstić information content (AvgIpc) is 3.63. The van der Waals surface area contributed by atoms with Gasteiger partial charge in [0.25, 0.3) is 0 Å². The number of carboxylic acid groups (broad SMARTS) is 1. The molecule has 0 aliphatic heterocycles. The predicted octanol–water partition coefficient (Wildman–Crippen LogP) is 0.305. The first-order valence-corrected chi connectivity index (χ1v) is 15.0. The summed E-state index contributed by atoms with van der Waals surface area (Å²) < 4.78 is 0. The highest BCUT2D eigenvalue weighted by molar-refractivity contribution is 5.97. The van der Waals surface area contributed by atoms with Crippen molar-refractivity contribution in [3.05, 3.63) is 72.1 Å². The molecule has 0 saturated carbocycles. The largest absolute Gasteiger partial charge is 0.480 e. The van der Waals surface area contributed by atoms with E-state index in [4.69, 9.17) is 17.2 Å². The van der Waals surface area contributed by atoms with Gasteiger partial charge in [0.15, 0.2) is 0 Å². The Balaban J connectivity index is 1.56. The van der Waals surface area contributed by atoms with Crippen molar-refractivity contribution in [1.82, 2.24) is 25.9 Å². The molecule has 0 bridgehead atoms. The van der Waals surface area contributed by atoms with E-state index >= 15 is 0 Å². The molecule has 2 aromatic carbocycles. The van der Waals surface area contributed by atoms with Crippen molar-refractivity contribution in [2.24, 2.45) is 17.2 Å². The van der Waals surface area contributed by atoms with Gasteiger partial charge in [0.05, 0.1) is 12.5 Å². The number of fused-ring (bicyclic) bond motifs is 2. The maximum Gasteiger partial charge on any atom is 0.326 e. The maximum atomic E-state index is 13.8. The van der Waals surface area contributed by atoms with Gasteiger partial charge in [-0.25, -0.2) is 4.79 Å². The molecule has 244 valence electrons. The summed E-state index contributed by atoms with van der Waals surface area (Å²) in [6.45, 7) is 0.436. The molecule has 12 N–H and O–H groups in total. The molecule has 4 amide bonds. The first-order chi connectivity index (χ1) is 22.1. The third kappa shape index (κ3) is 8.70. The summed E-state index contributed by atoms with van der Waals surface area (Å²) in [5.74, 6) is -4.42. The second-order valence-corrected chi connectivity index (χ2v) is 11.2. The van der Waals surface area contributed by atoms with Crippen LogP contribution in [0.25, 0.3) is 21.8 Å². The number of rotatable bonds is 17. The predicted molar refractivity (Wildman–Crippen MR) is 172 cm³/mol. The summed E-state index contributed by atoms with van der Waals surface area (Å²) in [4.78, 5) is 70.4. The lowest BCUT2D eigenvalue weighted by Gasteiger charge is -2.25. The number of nitrogens with one attached hydrogen (secondary N) is 5. The smallest absolute Gasteiger partial charge is 0.326 e. The van der Waals surface area contributed by atoms with E-state index in [1.54, 1.807) is 12.4 Å². The Bertz CT molecular complexity index is 1700. The van der Waals surface area contributed by atoms with Gasteiger partial charge in [-0.15, -0.1) is 0 Å². The minimum Gasteiger partial charge on any atom is -0.480 e. The second-order valence-electron chi connectivity index (χ2n) is 11.2. The molecule has 0 aliphatic carbocycles. The first-order valence-electron chi connectivity index (χ1n) is 15.0. The second kappa shape index (κ2) is 15.7. The standard InChI is InChI=1S/C32H40N8O6/c33-12-6-5-9-22(34)29(42)38-26(15-28(35)41)31(44)39-25(13-18-16-36-23-10-3-1-7-20(18)23)30(43)40-27(32(45)46)14-19-17-37-24-11-4-2-8-21(19)24/h1-4,7-8,10-11,16-17,22,25-27,36-37H,5-6,9,12-15,33-34H2,(H2,35,41)(H,38,42)(H,39,44)(H,40,43)(H,45,46). The zero-order valence-electron chi connectivity index (χ0n) is 25.3. The van der Waals surface area contributed by atoms with Crippen molar-refractivity contribution >= 4 is 51.4 Å². The van der Waals surface area contributed by atoms with Crippen LogP contribution in [0.4, 0.5) is 0 Å². The first kappa shape index (κ1) is 33.7. The molecule has 0 fully saturated rings. The molecule has 0 aliphatic rings. The maximum absolute atomic E-state index is 13.8. The van der Waals surface area contributed by atoms with Crippen molar-refractivity contribution in [3.8, 4) is 0 Å². The van der Waals surface area contributed by atoms with E-state index in [0.29, 0.717) is 36.9 Å². The van der Waals surface area contributed by atoms with Gasteiger partial charge in [-0.2, -0.15) is 0 Å². The number of para-hydroxylation sites is 2. The van der Waals surface area contributed by atoms with Crippen molar-refractivity contribution in [2.75, 3.05) is 6.54 Å². The molecule has 0 spiro atoms. The van der Waals surface area contributed by atoms with Gasteiger partial charge in [-0.1, -0.05) is 42.8 Å². The number of aromatic nitrogens is 2. The molecule has 4 atom stereocenters. The third-order valence-electron chi connectivity index (χ3n) is 7.79. The van der Waals surface area contributed by atoms with E-state index < -0.39 is 60.2 Å². The molecule has 0 saturated heterocycles. The van der Waals surface area contributed by atoms with Crippen LogP contribution >= 0.6 is 0 Å². The van der Waals surface area contributed by atoms with Gasteiger partial charge in [0, 0.05) is 47.0 Å². The summed E-state index contributed by atoms with van der Waals surface area (Å²) in [6, 6.07) is 9.73. The number of carbonyl (C=O) groups excluding carboxylic acids is 4. The van der Waals surface area contributed by atoms with Crippen LogP contribution < -0.4 is 33.2 Å². The number of amides is 4. The lowest BCUT2D eigenvalue weighted by Crippen LogP contribution is -2.58. The van der Waals surface area contributed by atoms with Gasteiger partial charge < -0.3 is 48.2 Å². The molecule has 46 heavy (non-hydrogen) atoms. The quantitative estimate of drug-likeness (QED) is 0.0731. The summed E-state index contributed by atoms with van der Waals surface area (Å²) in [7, 11) is 0. The molecule has 2 aromatic heterocycles. The van der Waals surface area contributed by atoms with Gasteiger partial charge >= 0.3 is 5.97 Å². The van der Waals surface area contributed by atoms with E-state index in [-0.39, 0.29) is 12.8 Å². The van der Waals surface area contributed by atoms with E-state index in [9.17, 15) is 29.1 Å². The van der Waals surface area contributed by atoms with Gasteiger partial charge in [-0.3, -0.25) is 19.2 Å². The fourth-order valence-electron chi connectivity index (χ4n) is 5.32. The molecular weight excluding hydrogens is 592 g/mol. The van der Waals surface area contributed by atoms with E-state index in [1.165, 1.54) is 0 Å². The van der Waals surface area contributed by atoms with Crippen LogP contribution in [0, 0.1) is 0 Å². The molecule has 4 rings (SSSR count). The lowest BCUT2D eigenvalue weighted by molar-refractivity contribution is -0.142. The number of carboxylic acids is 1. The number of H-pyrrole nitrogens is 2. The van der Waals surface area contributed by atoms with Crippen LogP contribution in [-0.4, -0.2) is 75.4 Å². The number of nitrogens with two attached hydrogens (primary N) is 3. The molecule has 14 nitrogen and oxygen atoms in total. The zero-order valence-corrected chi connectivity index (χ0v) is 25.3. The monoisotopic (exact) mass is 632 g/mol. The van der Waals surface area contributed by atoms with Crippen LogP contribution in [0.15, 0.2) is 60.9 Å². The number of primary amides is 1. The van der Waals surface area contributed by atoms with E-state index in [0.717, 1.165) is 21.8 Å². The summed E-state index contributed by atoms with van der Waals surface area (Å²) in [6.07, 6.45) is 4.34. The highest BCUT2D eigenvalue weighted by atomic mass is 16.4. The number of carbonyl (C=O) groups is 5.